The summed E-state index contributed by atoms with van der Waals surface area (Å²) >= 11 is 0. The molecule has 0 bridgehead atoms. The van der Waals surface area contributed by atoms with E-state index in [4.69, 9.17) is 0 Å². The van der Waals surface area contributed by atoms with Crippen LogP contribution >= 0.6 is 0 Å². The van der Waals surface area contributed by atoms with Crippen LogP contribution in [0.3, 0.4) is 0 Å². The Morgan fingerprint density at radius 3 is 2.93 bits per heavy atom. The van der Waals surface area contributed by atoms with E-state index in [1.165, 1.54) is 0 Å². The predicted octanol–water partition coefficient (Wildman–Crippen LogP) is 1.52. The highest BCUT2D eigenvalue weighted by atomic mass is 16.1. The summed E-state index contributed by atoms with van der Waals surface area (Å²) in [6.07, 6.45) is 5.45. The third kappa shape index (κ3) is 0.770. The molecule has 3 aliphatic carbocycles. The van der Waals surface area contributed by atoms with Gasteiger partial charge in [0.15, 0.2) is 5.78 Å². The van der Waals surface area contributed by atoms with Gasteiger partial charge in [0, 0.05) is 24.2 Å². The second-order valence-electron chi connectivity index (χ2n) is 4.54. The molecule has 2 fully saturated rings. The number of carbonyl (C=O) groups excluding carboxylic acids is 2. The van der Waals surface area contributed by atoms with Crippen LogP contribution in [0.1, 0.15) is 12.8 Å². The predicted molar refractivity (Wildman–Crippen MR) is 51.5 cm³/mol. The maximum atomic E-state index is 11.9. The Labute approximate surface area is 82.7 Å². The minimum Gasteiger partial charge on any atom is -0.299 e. The minimum absolute atomic E-state index is 0.0325. The highest BCUT2D eigenvalue weighted by Gasteiger charge is 2.55. The van der Waals surface area contributed by atoms with E-state index in [0.29, 0.717) is 17.9 Å². The Morgan fingerprint density at radius 2 is 2.14 bits per heavy atom. The lowest BCUT2D eigenvalue weighted by molar-refractivity contribution is -0.125. The Bertz CT molecular complexity index is 378. The van der Waals surface area contributed by atoms with E-state index in [1.54, 1.807) is 0 Å². The molecule has 2 saturated carbocycles. The highest BCUT2D eigenvalue weighted by Crippen LogP contribution is 2.52. The first-order valence-electron chi connectivity index (χ1n) is 5.12. The van der Waals surface area contributed by atoms with Gasteiger partial charge in [-0.3, -0.25) is 9.59 Å². The number of rotatable bonds is 0. The first-order valence-corrected chi connectivity index (χ1v) is 5.12. The molecule has 0 amide bonds. The van der Waals surface area contributed by atoms with Gasteiger partial charge in [0.05, 0.1) is 0 Å². The third-order valence-corrected chi connectivity index (χ3v) is 3.97. The normalized spacial score (nSPS) is 44.7. The summed E-state index contributed by atoms with van der Waals surface area (Å²) in [5.41, 5.74) is 0.708. The van der Waals surface area contributed by atoms with Gasteiger partial charge in [0.25, 0.3) is 0 Å². The molecule has 72 valence electrons. The lowest BCUT2D eigenvalue weighted by Crippen LogP contribution is -2.14. The van der Waals surface area contributed by atoms with Crippen molar-refractivity contribution in [3.05, 3.63) is 24.3 Å². The summed E-state index contributed by atoms with van der Waals surface area (Å²) in [4.78, 5) is 23.4. The molecule has 3 aliphatic rings. The van der Waals surface area contributed by atoms with Gasteiger partial charge in [-0.25, -0.2) is 0 Å². The van der Waals surface area contributed by atoms with E-state index in [0.717, 1.165) is 6.42 Å². The van der Waals surface area contributed by atoms with Gasteiger partial charge in [-0.2, -0.15) is 0 Å². The van der Waals surface area contributed by atoms with E-state index in [2.05, 4.69) is 12.7 Å². The average Bonchev–Trinajstić information content (AvgIpc) is 2.76. The Morgan fingerprint density at radius 1 is 1.36 bits per heavy atom. The number of hydrogen-bond acceptors (Lipinski definition) is 2. The molecule has 0 radical (unpaired) electrons. The van der Waals surface area contributed by atoms with Crippen molar-refractivity contribution in [3.63, 3.8) is 0 Å². The van der Waals surface area contributed by atoms with Gasteiger partial charge < -0.3 is 0 Å². The zero-order chi connectivity index (χ0) is 9.87. The molecule has 0 unspecified atom stereocenters. The molecule has 14 heavy (non-hydrogen) atoms. The van der Waals surface area contributed by atoms with Crippen molar-refractivity contribution in [1.29, 1.82) is 0 Å². The molecule has 0 aromatic carbocycles. The number of allylic oxidation sites excluding steroid dienone is 3. The highest BCUT2D eigenvalue weighted by molar-refractivity contribution is 6.05. The molecule has 0 N–H and O–H groups in total. The van der Waals surface area contributed by atoms with Gasteiger partial charge in [0.2, 0.25) is 0 Å². The second-order valence-corrected chi connectivity index (χ2v) is 4.54. The lowest BCUT2D eigenvalue weighted by Gasteiger charge is -2.15. The molecular formula is C12H12O2. The number of hydrogen-bond donors (Lipinski definition) is 0. The summed E-state index contributed by atoms with van der Waals surface area (Å²) < 4.78 is 0. The van der Waals surface area contributed by atoms with E-state index in [1.807, 2.05) is 6.08 Å². The van der Waals surface area contributed by atoms with Gasteiger partial charge in [-0.15, -0.1) is 0 Å². The standard InChI is InChI=1S/C12H12O2/c1-6-10(13)5-9-11(6)7-3-2-4-8(7)12(9)14/h2,4,7-9,11H,1,3,5H2/t7-,8+,9+,11+/m1/s1. The number of carbonyl (C=O) groups is 2. The van der Waals surface area contributed by atoms with Gasteiger partial charge in [0.1, 0.15) is 5.78 Å². The van der Waals surface area contributed by atoms with Crippen LogP contribution in [0, 0.1) is 23.7 Å². The van der Waals surface area contributed by atoms with Crippen LogP contribution in [-0.2, 0) is 9.59 Å². The summed E-state index contributed by atoms with van der Waals surface area (Å²) in [5.74, 6) is 0.964. The largest absolute Gasteiger partial charge is 0.299 e. The average molecular weight is 188 g/mol. The lowest BCUT2D eigenvalue weighted by atomic mass is 9.86. The fourth-order valence-electron chi connectivity index (χ4n) is 3.32. The monoisotopic (exact) mass is 188 g/mol. The van der Waals surface area contributed by atoms with Crippen LogP contribution in [0.4, 0.5) is 0 Å². The zero-order valence-electron chi connectivity index (χ0n) is 7.90. The molecule has 0 aliphatic heterocycles. The van der Waals surface area contributed by atoms with Crippen LogP contribution in [-0.4, -0.2) is 11.6 Å². The number of Topliss-reactive ketones (excluding diaryl/α,β-unsaturated/α-hetero) is 2. The topological polar surface area (TPSA) is 34.1 Å². The summed E-state index contributed by atoms with van der Waals surface area (Å²) in [6, 6.07) is 0. The Kier molecular flexibility index (Phi) is 1.42. The quantitative estimate of drug-likeness (QED) is 0.426. The van der Waals surface area contributed by atoms with E-state index in [9.17, 15) is 9.59 Å². The van der Waals surface area contributed by atoms with Crippen molar-refractivity contribution in [3.8, 4) is 0 Å². The summed E-state index contributed by atoms with van der Waals surface area (Å²) in [5, 5.41) is 0. The van der Waals surface area contributed by atoms with Crippen LogP contribution in [0.25, 0.3) is 0 Å². The molecule has 0 aromatic heterocycles. The van der Waals surface area contributed by atoms with Crippen LogP contribution < -0.4 is 0 Å². The van der Waals surface area contributed by atoms with Crippen molar-refractivity contribution in [1.82, 2.24) is 0 Å². The van der Waals surface area contributed by atoms with Crippen LogP contribution in [0.15, 0.2) is 24.3 Å². The van der Waals surface area contributed by atoms with Crippen molar-refractivity contribution >= 4 is 11.6 Å². The third-order valence-electron chi connectivity index (χ3n) is 3.97. The fourth-order valence-corrected chi connectivity index (χ4v) is 3.32. The number of ketones is 2. The van der Waals surface area contributed by atoms with Crippen LogP contribution in [0.5, 0.6) is 0 Å². The Hall–Kier alpha value is -1.18. The molecule has 0 spiro atoms. The summed E-state index contributed by atoms with van der Waals surface area (Å²) in [6.45, 7) is 3.84. The van der Waals surface area contributed by atoms with Crippen molar-refractivity contribution in [2.75, 3.05) is 0 Å². The molecule has 3 rings (SSSR count). The molecule has 2 nitrogen and oxygen atoms in total. The molecule has 0 saturated heterocycles. The molecule has 0 aromatic rings. The SMILES string of the molecule is C=C1C(=O)C[C@@H]2C(=O)[C@H]3C=CC[C@H]3[C@H]12. The minimum atomic E-state index is -0.0325. The maximum absolute atomic E-state index is 11.9. The zero-order valence-corrected chi connectivity index (χ0v) is 7.90. The first kappa shape index (κ1) is 8.16. The van der Waals surface area contributed by atoms with Crippen molar-refractivity contribution in [2.45, 2.75) is 12.8 Å². The molecular weight excluding hydrogens is 176 g/mol. The fraction of sp³-hybridized carbons (Fsp3) is 0.500. The van der Waals surface area contributed by atoms with E-state index in [-0.39, 0.29) is 29.3 Å². The smallest absolute Gasteiger partial charge is 0.159 e. The Balaban J connectivity index is 2.04. The summed E-state index contributed by atoms with van der Waals surface area (Å²) in [7, 11) is 0. The van der Waals surface area contributed by atoms with Gasteiger partial charge >= 0.3 is 0 Å². The number of fused-ring (bicyclic) bond motifs is 3. The van der Waals surface area contributed by atoms with Crippen LogP contribution in [0.2, 0.25) is 0 Å². The van der Waals surface area contributed by atoms with Gasteiger partial charge in [-0.05, 0) is 17.9 Å². The molecule has 0 heterocycles. The maximum Gasteiger partial charge on any atom is 0.159 e. The molecule has 4 atom stereocenters. The van der Waals surface area contributed by atoms with E-state index >= 15 is 0 Å². The molecule has 2 heteroatoms. The first-order chi connectivity index (χ1) is 6.70. The van der Waals surface area contributed by atoms with Crippen molar-refractivity contribution in [2.24, 2.45) is 23.7 Å². The van der Waals surface area contributed by atoms with Gasteiger partial charge in [-0.1, -0.05) is 18.7 Å². The second kappa shape index (κ2) is 2.44. The van der Waals surface area contributed by atoms with Crippen molar-refractivity contribution < 1.29 is 9.59 Å². The van der Waals surface area contributed by atoms with E-state index < -0.39 is 0 Å².